The highest BCUT2D eigenvalue weighted by molar-refractivity contribution is 8.00. The maximum atomic E-state index is 11.3. The van der Waals surface area contributed by atoms with Crippen LogP contribution in [0.1, 0.15) is 36.0 Å². The van der Waals surface area contributed by atoms with E-state index in [1.807, 2.05) is 6.07 Å². The number of anilines is 1. The van der Waals surface area contributed by atoms with Crippen LogP contribution in [-0.4, -0.2) is 11.2 Å². The monoisotopic (exact) mass is 236 g/mol. The minimum Gasteiger partial charge on any atom is -0.398 e. The number of primary amides is 1. The Kier molecular flexibility index (Phi) is 3.39. The molecular weight excluding hydrogens is 220 g/mol. The molecule has 4 heteroatoms. The van der Waals surface area contributed by atoms with Gasteiger partial charge in [-0.1, -0.05) is 18.9 Å². The Bertz CT molecular complexity index is 400. The zero-order valence-electron chi connectivity index (χ0n) is 9.11. The first kappa shape index (κ1) is 11.3. The topological polar surface area (TPSA) is 69.1 Å². The van der Waals surface area contributed by atoms with Gasteiger partial charge in [-0.05, 0) is 25.0 Å². The minimum absolute atomic E-state index is 0.396. The second kappa shape index (κ2) is 4.78. The standard InChI is InChI=1S/C12H16N2OS/c13-10-7-3-6-9(12(14)15)11(10)16-8-4-1-2-5-8/h3,6-8H,1-2,4-5,13H2,(H2,14,15). The van der Waals surface area contributed by atoms with E-state index >= 15 is 0 Å². The molecule has 0 bridgehead atoms. The van der Waals surface area contributed by atoms with Crippen molar-refractivity contribution in [2.75, 3.05) is 5.73 Å². The van der Waals surface area contributed by atoms with E-state index in [2.05, 4.69) is 0 Å². The Morgan fingerprint density at radius 1 is 1.31 bits per heavy atom. The molecule has 4 N–H and O–H groups in total. The van der Waals surface area contributed by atoms with Crippen LogP contribution in [0, 0.1) is 0 Å². The molecule has 0 aromatic heterocycles. The molecule has 0 heterocycles. The molecule has 1 saturated carbocycles. The first-order chi connectivity index (χ1) is 7.68. The second-order valence-corrected chi connectivity index (χ2v) is 5.42. The molecule has 2 rings (SSSR count). The molecular formula is C12H16N2OS. The zero-order chi connectivity index (χ0) is 11.5. The summed E-state index contributed by atoms with van der Waals surface area (Å²) in [6, 6.07) is 5.34. The fraction of sp³-hybridized carbons (Fsp3) is 0.417. The van der Waals surface area contributed by atoms with Crippen molar-refractivity contribution in [2.24, 2.45) is 5.73 Å². The summed E-state index contributed by atoms with van der Waals surface area (Å²) in [5.41, 5.74) is 12.5. The Balaban J connectivity index is 2.26. The first-order valence-corrected chi connectivity index (χ1v) is 6.41. The van der Waals surface area contributed by atoms with Gasteiger partial charge in [0.25, 0.3) is 0 Å². The van der Waals surface area contributed by atoms with E-state index in [0.29, 0.717) is 16.5 Å². The van der Waals surface area contributed by atoms with Gasteiger partial charge in [-0.2, -0.15) is 0 Å². The molecule has 0 atom stereocenters. The number of carbonyl (C=O) groups is 1. The lowest BCUT2D eigenvalue weighted by Gasteiger charge is -2.13. The number of rotatable bonds is 3. The maximum Gasteiger partial charge on any atom is 0.249 e. The summed E-state index contributed by atoms with van der Waals surface area (Å²) in [7, 11) is 0. The third-order valence-electron chi connectivity index (χ3n) is 2.90. The van der Waals surface area contributed by atoms with E-state index < -0.39 is 5.91 Å². The van der Waals surface area contributed by atoms with E-state index in [4.69, 9.17) is 11.5 Å². The van der Waals surface area contributed by atoms with Crippen molar-refractivity contribution in [2.45, 2.75) is 35.8 Å². The molecule has 1 aliphatic carbocycles. The van der Waals surface area contributed by atoms with Crippen molar-refractivity contribution in [1.82, 2.24) is 0 Å². The van der Waals surface area contributed by atoms with Crippen molar-refractivity contribution >= 4 is 23.4 Å². The summed E-state index contributed by atoms with van der Waals surface area (Å²) in [5, 5.41) is 0.586. The molecule has 0 aliphatic heterocycles. The van der Waals surface area contributed by atoms with E-state index in [0.717, 1.165) is 4.90 Å². The Morgan fingerprint density at radius 3 is 2.62 bits per heavy atom. The van der Waals surface area contributed by atoms with Gasteiger partial charge < -0.3 is 11.5 Å². The van der Waals surface area contributed by atoms with Gasteiger partial charge in [-0.3, -0.25) is 4.79 Å². The highest BCUT2D eigenvalue weighted by Gasteiger charge is 2.20. The number of carbonyl (C=O) groups excluding carboxylic acids is 1. The van der Waals surface area contributed by atoms with Gasteiger partial charge in [-0.25, -0.2) is 0 Å². The van der Waals surface area contributed by atoms with E-state index in [-0.39, 0.29) is 0 Å². The largest absolute Gasteiger partial charge is 0.398 e. The average molecular weight is 236 g/mol. The highest BCUT2D eigenvalue weighted by Crippen LogP contribution is 2.38. The molecule has 1 aliphatic rings. The van der Waals surface area contributed by atoms with Gasteiger partial charge >= 0.3 is 0 Å². The summed E-state index contributed by atoms with van der Waals surface area (Å²) < 4.78 is 0. The van der Waals surface area contributed by atoms with Crippen molar-refractivity contribution in [3.63, 3.8) is 0 Å². The third-order valence-corrected chi connectivity index (χ3v) is 4.39. The van der Waals surface area contributed by atoms with Crippen LogP contribution in [0.25, 0.3) is 0 Å². The van der Waals surface area contributed by atoms with Crippen LogP contribution < -0.4 is 11.5 Å². The quantitative estimate of drug-likeness (QED) is 0.792. The van der Waals surface area contributed by atoms with Crippen LogP contribution in [0.4, 0.5) is 5.69 Å². The summed E-state index contributed by atoms with van der Waals surface area (Å²) in [6.07, 6.45) is 4.96. The first-order valence-electron chi connectivity index (χ1n) is 5.53. The fourth-order valence-corrected chi connectivity index (χ4v) is 3.46. The highest BCUT2D eigenvalue weighted by atomic mass is 32.2. The van der Waals surface area contributed by atoms with E-state index in [9.17, 15) is 4.79 Å². The Labute approximate surface area is 99.6 Å². The van der Waals surface area contributed by atoms with Crippen LogP contribution >= 0.6 is 11.8 Å². The smallest absolute Gasteiger partial charge is 0.249 e. The van der Waals surface area contributed by atoms with Crippen molar-refractivity contribution < 1.29 is 4.79 Å². The van der Waals surface area contributed by atoms with Crippen molar-refractivity contribution in [3.8, 4) is 0 Å². The van der Waals surface area contributed by atoms with Gasteiger partial charge in [-0.15, -0.1) is 11.8 Å². The maximum absolute atomic E-state index is 11.3. The second-order valence-electron chi connectivity index (χ2n) is 4.11. The van der Waals surface area contributed by atoms with Crippen molar-refractivity contribution in [1.29, 1.82) is 0 Å². The predicted octanol–water partition coefficient (Wildman–Crippen LogP) is 2.40. The molecule has 0 saturated heterocycles. The lowest BCUT2D eigenvalue weighted by Crippen LogP contribution is -2.13. The number of hydrogen-bond acceptors (Lipinski definition) is 3. The summed E-state index contributed by atoms with van der Waals surface area (Å²) in [4.78, 5) is 12.2. The number of nitrogens with two attached hydrogens (primary N) is 2. The minimum atomic E-state index is -0.396. The number of hydrogen-bond donors (Lipinski definition) is 2. The summed E-state index contributed by atoms with van der Waals surface area (Å²) in [5.74, 6) is -0.396. The molecule has 1 amide bonds. The molecule has 1 aromatic carbocycles. The molecule has 0 radical (unpaired) electrons. The average Bonchev–Trinajstić information content (AvgIpc) is 2.73. The number of nitrogen functional groups attached to an aromatic ring is 1. The third kappa shape index (κ3) is 2.32. The van der Waals surface area contributed by atoms with Gasteiger partial charge in [0.05, 0.1) is 5.56 Å². The lowest BCUT2D eigenvalue weighted by atomic mass is 10.2. The van der Waals surface area contributed by atoms with Gasteiger partial charge in [0, 0.05) is 15.8 Å². The Morgan fingerprint density at radius 2 is 2.00 bits per heavy atom. The van der Waals surface area contributed by atoms with Crippen LogP contribution in [0.2, 0.25) is 0 Å². The molecule has 0 unspecified atom stereocenters. The zero-order valence-corrected chi connectivity index (χ0v) is 9.93. The van der Waals surface area contributed by atoms with Crippen LogP contribution in [-0.2, 0) is 0 Å². The lowest BCUT2D eigenvalue weighted by molar-refractivity contribution is 0.0997. The molecule has 86 valence electrons. The number of thioether (sulfide) groups is 1. The van der Waals surface area contributed by atoms with Crippen molar-refractivity contribution in [3.05, 3.63) is 23.8 Å². The van der Waals surface area contributed by atoms with Crippen LogP contribution in [0.15, 0.2) is 23.1 Å². The van der Waals surface area contributed by atoms with Gasteiger partial charge in [0.2, 0.25) is 5.91 Å². The van der Waals surface area contributed by atoms with E-state index in [1.54, 1.807) is 23.9 Å². The molecule has 1 aromatic rings. The molecule has 16 heavy (non-hydrogen) atoms. The van der Waals surface area contributed by atoms with Gasteiger partial charge in [0.15, 0.2) is 0 Å². The predicted molar refractivity (Wildman–Crippen MR) is 67.5 cm³/mol. The fourth-order valence-electron chi connectivity index (χ4n) is 2.05. The van der Waals surface area contributed by atoms with Crippen LogP contribution in [0.3, 0.4) is 0 Å². The number of amides is 1. The summed E-state index contributed by atoms with van der Waals surface area (Å²) in [6.45, 7) is 0. The SMILES string of the molecule is NC(=O)c1cccc(N)c1SC1CCCC1. The molecule has 1 fully saturated rings. The Hall–Kier alpha value is -1.16. The number of benzene rings is 1. The molecule has 0 spiro atoms. The van der Waals surface area contributed by atoms with Gasteiger partial charge in [0.1, 0.15) is 0 Å². The van der Waals surface area contributed by atoms with Crippen LogP contribution in [0.5, 0.6) is 0 Å². The van der Waals surface area contributed by atoms with E-state index in [1.165, 1.54) is 25.7 Å². The normalized spacial score (nSPS) is 16.5. The summed E-state index contributed by atoms with van der Waals surface area (Å²) >= 11 is 1.71. The molecule has 3 nitrogen and oxygen atoms in total.